The molecule has 2 unspecified atom stereocenters. The van der Waals surface area contributed by atoms with Gasteiger partial charge in [-0.1, -0.05) is 29.3 Å². The lowest BCUT2D eigenvalue weighted by molar-refractivity contribution is -0.731. The molecule has 4 rings (SSSR count). The predicted molar refractivity (Wildman–Crippen MR) is 127 cm³/mol. The van der Waals surface area contributed by atoms with E-state index in [1.807, 2.05) is 55.5 Å². The van der Waals surface area contributed by atoms with Crippen molar-refractivity contribution in [3.8, 4) is 17.2 Å². The highest BCUT2D eigenvalue weighted by Gasteiger charge is 2.31. The van der Waals surface area contributed by atoms with Crippen LogP contribution in [0.1, 0.15) is 35.8 Å². The summed E-state index contributed by atoms with van der Waals surface area (Å²) in [4.78, 5) is 0. The van der Waals surface area contributed by atoms with Crippen molar-refractivity contribution in [2.45, 2.75) is 19.1 Å². The summed E-state index contributed by atoms with van der Waals surface area (Å²) in [6.07, 6.45) is 1.90. The van der Waals surface area contributed by atoms with Crippen LogP contribution < -0.4 is 20.1 Å². The van der Waals surface area contributed by atoms with E-state index in [1.54, 1.807) is 19.2 Å². The Morgan fingerprint density at radius 1 is 1.03 bits per heavy atom. The minimum Gasteiger partial charge on any atom is -0.504 e. The van der Waals surface area contributed by atoms with Gasteiger partial charge in [-0.15, -0.1) is 0 Å². The van der Waals surface area contributed by atoms with E-state index < -0.39 is 0 Å². The number of phenols is 1. The van der Waals surface area contributed by atoms with E-state index in [-0.39, 0.29) is 18.0 Å². The van der Waals surface area contributed by atoms with E-state index in [4.69, 9.17) is 32.7 Å². The summed E-state index contributed by atoms with van der Waals surface area (Å²) < 4.78 is 10.9. The summed E-state index contributed by atoms with van der Waals surface area (Å²) >= 11 is 12.7. The van der Waals surface area contributed by atoms with Crippen LogP contribution >= 0.6 is 23.2 Å². The average molecular weight is 472 g/mol. The molecule has 0 aliphatic carbocycles. The largest absolute Gasteiger partial charge is 0.504 e. The zero-order valence-electron chi connectivity index (χ0n) is 17.8. The van der Waals surface area contributed by atoms with Crippen LogP contribution in [0.2, 0.25) is 10.0 Å². The molecule has 1 heterocycles. The average Bonchev–Trinajstić information content (AvgIpc) is 2.80. The Morgan fingerprint density at radius 2 is 1.81 bits per heavy atom. The highest BCUT2D eigenvalue weighted by atomic mass is 35.5. The van der Waals surface area contributed by atoms with E-state index in [1.165, 1.54) is 0 Å². The van der Waals surface area contributed by atoms with Gasteiger partial charge in [0.2, 0.25) is 0 Å². The first-order valence-electron chi connectivity index (χ1n) is 10.4. The van der Waals surface area contributed by atoms with Crippen molar-refractivity contribution < 1.29 is 19.9 Å². The molecule has 0 bridgehead atoms. The quantitative estimate of drug-likeness (QED) is 0.470. The molecule has 166 valence electrons. The van der Waals surface area contributed by atoms with Crippen LogP contribution in [-0.4, -0.2) is 18.8 Å². The van der Waals surface area contributed by atoms with E-state index in [0.717, 1.165) is 28.1 Å². The number of nitrogens with two attached hydrogens (primary N) is 1. The second kappa shape index (κ2) is 9.74. The van der Waals surface area contributed by atoms with Gasteiger partial charge in [-0.25, -0.2) is 0 Å². The number of hydrogen-bond acceptors (Lipinski definition) is 4. The first kappa shape index (κ1) is 22.3. The molecule has 0 amide bonds. The molecular formula is C25H25Cl2N2O3+. The molecular weight excluding hydrogens is 447 g/mol. The monoisotopic (exact) mass is 471 g/mol. The van der Waals surface area contributed by atoms with Gasteiger partial charge < -0.3 is 25.2 Å². The van der Waals surface area contributed by atoms with Crippen LogP contribution in [0.4, 0.5) is 0 Å². The number of nitrogens with one attached hydrogen (secondary N) is 1. The van der Waals surface area contributed by atoms with E-state index in [2.05, 4.69) is 16.7 Å². The molecule has 0 radical (unpaired) electrons. The van der Waals surface area contributed by atoms with Gasteiger partial charge in [0.15, 0.2) is 17.7 Å². The molecule has 7 heteroatoms. The third kappa shape index (κ3) is 4.65. The maximum absolute atomic E-state index is 10.9. The minimum atomic E-state index is -0.193. The minimum absolute atomic E-state index is 0.142. The number of quaternary nitrogens is 1. The summed E-state index contributed by atoms with van der Waals surface area (Å²) in [6.45, 7) is 2.37. The molecule has 3 aromatic rings. The van der Waals surface area contributed by atoms with Crippen LogP contribution in [0, 0.1) is 0 Å². The second-order valence-corrected chi connectivity index (χ2v) is 8.29. The molecule has 0 saturated carbocycles. The number of hydrogen-bond donors (Lipinski definition) is 3. The van der Waals surface area contributed by atoms with Crippen molar-refractivity contribution >= 4 is 28.9 Å². The number of phenolic OH excluding ortho intramolecular Hbond substituents is 1. The second-order valence-electron chi connectivity index (χ2n) is 7.44. The van der Waals surface area contributed by atoms with Gasteiger partial charge in [0.25, 0.3) is 0 Å². The Bertz CT molecular complexity index is 1130. The maximum atomic E-state index is 10.9. The zero-order chi connectivity index (χ0) is 22.7. The normalized spacial score (nSPS) is 17.9. The molecule has 1 aliphatic heterocycles. The van der Waals surface area contributed by atoms with Crippen LogP contribution in [0.15, 0.2) is 66.7 Å². The Morgan fingerprint density at radius 3 is 2.50 bits per heavy atom. The van der Waals surface area contributed by atoms with Crippen LogP contribution in [0.3, 0.4) is 0 Å². The SMILES string of the molecule is CCOc1cccc(C2C=C(c3ccc(OC)cc3)NC(c3ccc(Cl)cc3Cl)[NH2+]2)c1O. The van der Waals surface area contributed by atoms with E-state index in [9.17, 15) is 5.11 Å². The zero-order valence-corrected chi connectivity index (χ0v) is 19.3. The first-order chi connectivity index (χ1) is 15.5. The highest BCUT2D eigenvalue weighted by Crippen LogP contribution is 2.36. The number of aromatic hydroxyl groups is 1. The van der Waals surface area contributed by atoms with Gasteiger partial charge in [0.05, 0.1) is 24.3 Å². The number of methoxy groups -OCH3 is 1. The predicted octanol–water partition coefficient (Wildman–Crippen LogP) is 5.05. The molecule has 2 atom stereocenters. The fourth-order valence-electron chi connectivity index (χ4n) is 3.87. The first-order valence-corrected chi connectivity index (χ1v) is 11.1. The van der Waals surface area contributed by atoms with Crippen molar-refractivity contribution in [1.29, 1.82) is 0 Å². The Balaban J connectivity index is 1.77. The van der Waals surface area contributed by atoms with Gasteiger partial charge >= 0.3 is 0 Å². The van der Waals surface area contributed by atoms with Gasteiger partial charge in [-0.3, -0.25) is 0 Å². The number of benzene rings is 3. The Kier molecular flexibility index (Phi) is 6.80. The van der Waals surface area contributed by atoms with E-state index >= 15 is 0 Å². The number of halogens is 2. The fourth-order valence-corrected chi connectivity index (χ4v) is 4.39. The lowest BCUT2D eigenvalue weighted by atomic mass is 9.97. The van der Waals surface area contributed by atoms with Gasteiger partial charge in [0, 0.05) is 22.4 Å². The molecule has 3 aromatic carbocycles. The summed E-state index contributed by atoms with van der Waals surface area (Å²) in [5.74, 6) is 1.40. The number of rotatable bonds is 6. The Labute approximate surface area is 197 Å². The summed E-state index contributed by atoms with van der Waals surface area (Å²) in [5, 5.41) is 17.7. The molecule has 0 aromatic heterocycles. The summed E-state index contributed by atoms with van der Waals surface area (Å²) in [5.41, 5.74) is 3.59. The standard InChI is InChI=1S/C25H24Cl2N2O3/c1-3-32-23-6-4-5-19(24(23)30)22-14-21(15-7-10-17(31-2)11-8-15)28-25(29-22)18-12-9-16(26)13-20(18)27/h4-14,22,25,28-30H,3H2,1-2H3/p+1. The maximum Gasteiger partial charge on any atom is 0.188 e. The summed E-state index contributed by atoms with van der Waals surface area (Å²) in [7, 11) is 1.64. The molecule has 5 nitrogen and oxygen atoms in total. The van der Waals surface area contributed by atoms with E-state index in [0.29, 0.717) is 22.4 Å². The third-order valence-corrected chi connectivity index (χ3v) is 6.01. The molecule has 1 aliphatic rings. The Hall–Kier alpha value is -2.86. The van der Waals surface area contributed by atoms with Crippen molar-refractivity contribution in [3.63, 3.8) is 0 Å². The van der Waals surface area contributed by atoms with Gasteiger partial charge in [-0.2, -0.15) is 0 Å². The topological polar surface area (TPSA) is 67.3 Å². The lowest BCUT2D eigenvalue weighted by Gasteiger charge is -2.30. The molecule has 32 heavy (non-hydrogen) atoms. The fraction of sp³-hybridized carbons (Fsp3) is 0.200. The van der Waals surface area contributed by atoms with Gasteiger partial charge in [0.1, 0.15) is 11.8 Å². The summed E-state index contributed by atoms with van der Waals surface area (Å²) in [6, 6.07) is 18.7. The number of para-hydroxylation sites is 1. The molecule has 4 N–H and O–H groups in total. The number of ether oxygens (including phenoxy) is 2. The van der Waals surface area contributed by atoms with Crippen molar-refractivity contribution in [2.24, 2.45) is 0 Å². The highest BCUT2D eigenvalue weighted by molar-refractivity contribution is 6.35. The molecule has 0 saturated heterocycles. The third-order valence-electron chi connectivity index (χ3n) is 5.44. The van der Waals surface area contributed by atoms with Crippen molar-refractivity contribution in [1.82, 2.24) is 5.32 Å². The smallest absolute Gasteiger partial charge is 0.188 e. The van der Waals surface area contributed by atoms with Crippen LogP contribution in [0.25, 0.3) is 5.70 Å². The van der Waals surface area contributed by atoms with Crippen LogP contribution in [0.5, 0.6) is 17.2 Å². The van der Waals surface area contributed by atoms with Gasteiger partial charge in [-0.05, 0) is 67.1 Å². The lowest BCUT2D eigenvalue weighted by Crippen LogP contribution is -2.89. The van der Waals surface area contributed by atoms with Crippen LogP contribution in [-0.2, 0) is 0 Å². The molecule has 0 spiro atoms. The molecule has 0 fully saturated rings. The van der Waals surface area contributed by atoms with Crippen molar-refractivity contribution in [2.75, 3.05) is 13.7 Å². The van der Waals surface area contributed by atoms with Crippen molar-refractivity contribution in [3.05, 3.63) is 93.5 Å².